The summed E-state index contributed by atoms with van der Waals surface area (Å²) in [5.41, 5.74) is 0. The van der Waals surface area contributed by atoms with Crippen LogP contribution >= 0.6 is 0 Å². The van der Waals surface area contributed by atoms with Gasteiger partial charge in [0.05, 0.1) is 7.11 Å². The highest BCUT2D eigenvalue weighted by Gasteiger charge is 2.21. The Morgan fingerprint density at radius 1 is 1.58 bits per heavy atom. The number of hydrogen-bond acceptors (Lipinski definition) is 2. The lowest BCUT2D eigenvalue weighted by atomic mass is 9.95. The molecule has 0 unspecified atom stereocenters. The van der Waals surface area contributed by atoms with Crippen LogP contribution in [0.15, 0.2) is 12.7 Å². The summed E-state index contributed by atoms with van der Waals surface area (Å²) >= 11 is 0. The molecule has 12 heavy (non-hydrogen) atoms. The topological polar surface area (TPSA) is 29.5 Å². The van der Waals surface area contributed by atoms with Crippen LogP contribution in [0.4, 0.5) is 0 Å². The molecule has 70 valence electrons. The first kappa shape index (κ1) is 11.2. The molecule has 0 fully saturated rings. The van der Waals surface area contributed by atoms with Crippen molar-refractivity contribution in [3.05, 3.63) is 12.7 Å². The highest BCUT2D eigenvalue weighted by atomic mass is 16.7. The van der Waals surface area contributed by atoms with Gasteiger partial charge in [-0.3, -0.25) is 9.63 Å². The van der Waals surface area contributed by atoms with E-state index in [-0.39, 0.29) is 17.7 Å². The molecular formula is C9H17NO2. The molecule has 0 aliphatic carbocycles. The lowest BCUT2D eigenvalue weighted by Gasteiger charge is -2.21. The number of rotatable bonds is 4. The van der Waals surface area contributed by atoms with E-state index in [0.29, 0.717) is 0 Å². The average molecular weight is 171 g/mol. The first-order valence-corrected chi connectivity index (χ1v) is 3.98. The highest BCUT2D eigenvalue weighted by Crippen LogP contribution is 2.13. The van der Waals surface area contributed by atoms with Crippen molar-refractivity contribution in [1.82, 2.24) is 5.06 Å². The van der Waals surface area contributed by atoms with Gasteiger partial charge in [0.2, 0.25) is 5.91 Å². The summed E-state index contributed by atoms with van der Waals surface area (Å²) in [7, 11) is 3.08. The van der Waals surface area contributed by atoms with Crippen LogP contribution in [0.3, 0.4) is 0 Å². The fraction of sp³-hybridized carbons (Fsp3) is 0.667. The molecule has 0 aliphatic rings. The summed E-state index contributed by atoms with van der Waals surface area (Å²) in [6.07, 6.45) is 1.77. The molecule has 1 amide bonds. The summed E-state index contributed by atoms with van der Waals surface area (Å²) in [5.74, 6) is 0.0763. The first-order valence-electron chi connectivity index (χ1n) is 3.98. The lowest BCUT2D eigenvalue weighted by Crippen LogP contribution is -2.33. The second-order valence-corrected chi connectivity index (χ2v) is 2.90. The largest absolute Gasteiger partial charge is 0.275 e. The number of allylic oxidation sites excluding steroid dienone is 1. The van der Waals surface area contributed by atoms with Crippen molar-refractivity contribution in [3.63, 3.8) is 0 Å². The third-order valence-electron chi connectivity index (χ3n) is 2.13. The molecule has 3 heteroatoms. The monoisotopic (exact) mass is 171 g/mol. The molecule has 0 radical (unpaired) electrons. The van der Waals surface area contributed by atoms with E-state index in [9.17, 15) is 4.79 Å². The van der Waals surface area contributed by atoms with E-state index in [4.69, 9.17) is 4.84 Å². The molecule has 0 spiro atoms. The van der Waals surface area contributed by atoms with Crippen molar-refractivity contribution in [3.8, 4) is 0 Å². The van der Waals surface area contributed by atoms with Crippen LogP contribution in [0.2, 0.25) is 0 Å². The molecule has 0 heterocycles. The molecule has 0 saturated heterocycles. The fourth-order valence-corrected chi connectivity index (χ4v) is 0.806. The number of hydrogen-bond donors (Lipinski definition) is 0. The molecule has 0 aromatic rings. The Kier molecular flexibility index (Phi) is 4.59. The van der Waals surface area contributed by atoms with Crippen molar-refractivity contribution < 1.29 is 9.63 Å². The zero-order valence-electron chi connectivity index (χ0n) is 8.20. The minimum absolute atomic E-state index is 0.0232. The molecule has 0 aromatic carbocycles. The number of hydroxylamine groups is 2. The quantitative estimate of drug-likeness (QED) is 0.473. The van der Waals surface area contributed by atoms with Crippen molar-refractivity contribution in [1.29, 1.82) is 0 Å². The Morgan fingerprint density at radius 3 is 2.42 bits per heavy atom. The van der Waals surface area contributed by atoms with Gasteiger partial charge >= 0.3 is 0 Å². The summed E-state index contributed by atoms with van der Waals surface area (Å²) in [5, 5.41) is 1.24. The van der Waals surface area contributed by atoms with E-state index in [2.05, 4.69) is 6.58 Å². The molecule has 0 bridgehead atoms. The van der Waals surface area contributed by atoms with Crippen molar-refractivity contribution in [2.24, 2.45) is 11.8 Å². The zero-order chi connectivity index (χ0) is 9.72. The van der Waals surface area contributed by atoms with E-state index < -0.39 is 0 Å². The molecule has 2 atom stereocenters. The number of nitrogens with zero attached hydrogens (tertiary/aromatic N) is 1. The van der Waals surface area contributed by atoms with Crippen molar-refractivity contribution in [2.45, 2.75) is 13.8 Å². The summed E-state index contributed by atoms with van der Waals surface area (Å²) in [4.78, 5) is 16.2. The van der Waals surface area contributed by atoms with E-state index >= 15 is 0 Å². The van der Waals surface area contributed by atoms with Crippen LogP contribution in [0.1, 0.15) is 13.8 Å². The third-order valence-corrected chi connectivity index (χ3v) is 2.13. The van der Waals surface area contributed by atoms with E-state index in [1.54, 1.807) is 13.1 Å². The van der Waals surface area contributed by atoms with Gasteiger partial charge in [0.1, 0.15) is 0 Å². The van der Waals surface area contributed by atoms with Crippen LogP contribution < -0.4 is 0 Å². The second-order valence-electron chi connectivity index (χ2n) is 2.90. The molecule has 3 nitrogen and oxygen atoms in total. The van der Waals surface area contributed by atoms with Gasteiger partial charge in [-0.05, 0) is 5.92 Å². The van der Waals surface area contributed by atoms with Crippen molar-refractivity contribution in [2.75, 3.05) is 14.2 Å². The van der Waals surface area contributed by atoms with Gasteiger partial charge < -0.3 is 0 Å². The Labute approximate surface area is 74.0 Å². The normalized spacial score (nSPS) is 15.0. The van der Waals surface area contributed by atoms with E-state index in [1.807, 2.05) is 13.8 Å². The van der Waals surface area contributed by atoms with E-state index in [0.717, 1.165) is 0 Å². The molecular weight excluding hydrogens is 154 g/mol. The molecule has 0 saturated carbocycles. The van der Waals surface area contributed by atoms with Gasteiger partial charge in [-0.1, -0.05) is 19.9 Å². The molecule has 0 rings (SSSR count). The van der Waals surface area contributed by atoms with Crippen LogP contribution in [-0.4, -0.2) is 25.1 Å². The summed E-state index contributed by atoms with van der Waals surface area (Å²) in [6, 6.07) is 0. The molecule has 0 N–H and O–H groups in total. The Balaban J connectivity index is 4.18. The predicted molar refractivity (Wildman–Crippen MR) is 48.3 cm³/mol. The first-order chi connectivity index (χ1) is 5.54. The maximum atomic E-state index is 11.4. The van der Waals surface area contributed by atoms with Crippen molar-refractivity contribution >= 4 is 5.91 Å². The Morgan fingerprint density at radius 2 is 2.08 bits per heavy atom. The third kappa shape index (κ3) is 2.66. The molecule has 0 aromatic heterocycles. The second kappa shape index (κ2) is 4.93. The fourth-order valence-electron chi connectivity index (χ4n) is 0.806. The van der Waals surface area contributed by atoms with Gasteiger partial charge in [-0.2, -0.15) is 0 Å². The van der Waals surface area contributed by atoms with Crippen LogP contribution in [-0.2, 0) is 9.63 Å². The Bertz CT molecular complexity index is 168. The van der Waals surface area contributed by atoms with Crippen LogP contribution in [0.5, 0.6) is 0 Å². The van der Waals surface area contributed by atoms with Gasteiger partial charge in [0, 0.05) is 13.0 Å². The minimum Gasteiger partial charge on any atom is -0.275 e. The van der Waals surface area contributed by atoms with E-state index in [1.165, 1.54) is 12.2 Å². The highest BCUT2D eigenvalue weighted by molar-refractivity contribution is 5.77. The Hall–Kier alpha value is -0.830. The maximum absolute atomic E-state index is 11.4. The van der Waals surface area contributed by atoms with Gasteiger partial charge in [0.15, 0.2) is 0 Å². The predicted octanol–water partition coefficient (Wildman–Crippen LogP) is 1.46. The van der Waals surface area contributed by atoms with Gasteiger partial charge in [0.25, 0.3) is 0 Å². The van der Waals surface area contributed by atoms with Gasteiger partial charge in [-0.15, -0.1) is 6.58 Å². The number of carbonyl (C=O) groups excluding carboxylic acids is 1. The maximum Gasteiger partial charge on any atom is 0.249 e. The number of amides is 1. The lowest BCUT2D eigenvalue weighted by molar-refractivity contribution is -0.173. The smallest absolute Gasteiger partial charge is 0.249 e. The molecule has 0 aliphatic heterocycles. The summed E-state index contributed by atoms with van der Waals surface area (Å²) in [6.45, 7) is 7.46. The SMILES string of the molecule is C=C[C@H](C)[C@H](C)C(=O)N(C)OC. The van der Waals surface area contributed by atoms with Crippen LogP contribution in [0.25, 0.3) is 0 Å². The van der Waals surface area contributed by atoms with Gasteiger partial charge in [-0.25, -0.2) is 5.06 Å². The summed E-state index contributed by atoms with van der Waals surface area (Å²) < 4.78 is 0. The zero-order valence-corrected chi connectivity index (χ0v) is 8.20. The standard InChI is InChI=1S/C9H17NO2/c1-6-7(2)8(3)9(11)10(4)12-5/h6-8H,1H2,2-5H3/t7-,8-/m0/s1. The van der Waals surface area contributed by atoms with Crippen LogP contribution in [0, 0.1) is 11.8 Å². The average Bonchev–Trinajstić information content (AvgIpc) is 2.12. The number of carbonyl (C=O) groups is 1. The minimum atomic E-state index is -0.0764.